The van der Waals surface area contributed by atoms with Gasteiger partial charge in [0.1, 0.15) is 13.6 Å². The van der Waals surface area contributed by atoms with E-state index in [0.717, 1.165) is 32.1 Å². The van der Waals surface area contributed by atoms with Crippen molar-refractivity contribution in [1.82, 2.24) is 0 Å². The molecule has 4 rings (SSSR count). The number of aliphatic hydroxyl groups excluding tert-OH is 1. The summed E-state index contributed by atoms with van der Waals surface area (Å²) in [6.07, 6.45) is 7.03. The highest BCUT2D eigenvalue weighted by Gasteiger charge is 2.66. The van der Waals surface area contributed by atoms with Gasteiger partial charge in [-0.3, -0.25) is 4.79 Å². The molecule has 0 heterocycles. The zero-order valence-corrected chi connectivity index (χ0v) is 24.0. The van der Waals surface area contributed by atoms with Crippen LogP contribution in [0.25, 0.3) is 4.85 Å². The van der Waals surface area contributed by atoms with Gasteiger partial charge in [-0.15, -0.1) is 0 Å². The standard InChI is InChI=1S/C30H47NO7/c1-18(8-11-27(33)36-7)20-9-10-21-28-22(14-26(30(20,21)3)38-17-35-6)29(2)15-23(31-4)24(32)12-19(29)13-25(28)37-16-34-5/h15,18-22,24-26,28,32H,8-14,16-17H2,1-3,5-7H3/t18-,19+,20-,21+,22+,24?,25-,26+,28+,29+,30-/m1/s1. The molecule has 3 fully saturated rings. The molecule has 8 heteroatoms. The Morgan fingerprint density at radius 3 is 2.47 bits per heavy atom. The van der Waals surface area contributed by atoms with E-state index in [2.05, 4.69) is 31.7 Å². The number of hydrogen-bond acceptors (Lipinski definition) is 7. The van der Waals surface area contributed by atoms with E-state index in [9.17, 15) is 9.90 Å². The van der Waals surface area contributed by atoms with Gasteiger partial charge in [0, 0.05) is 26.1 Å². The van der Waals surface area contributed by atoms with Crippen molar-refractivity contribution in [2.24, 2.45) is 46.3 Å². The summed E-state index contributed by atoms with van der Waals surface area (Å²) in [4.78, 5) is 15.7. The van der Waals surface area contributed by atoms with Crippen LogP contribution in [0.5, 0.6) is 0 Å². The molecule has 1 N–H and O–H groups in total. The van der Waals surface area contributed by atoms with Crippen LogP contribution in [0.1, 0.15) is 65.7 Å². The van der Waals surface area contributed by atoms with E-state index in [1.54, 1.807) is 14.2 Å². The second-order valence-electron chi connectivity index (χ2n) is 12.6. The first-order valence-electron chi connectivity index (χ1n) is 14.2. The van der Waals surface area contributed by atoms with Crippen molar-refractivity contribution in [2.45, 2.75) is 84.0 Å². The van der Waals surface area contributed by atoms with Gasteiger partial charge < -0.3 is 28.8 Å². The van der Waals surface area contributed by atoms with Gasteiger partial charge in [-0.25, -0.2) is 4.85 Å². The maximum absolute atomic E-state index is 11.9. The SMILES string of the molecule is [C-]#[N+]C1=C[C@@]2(C)[C@@H](CC1O)C[C@@H](OCOC)[C@@H]1[C@@H]2C[C@H](OCOC)[C@]2(C)[C@@H]([C@H](C)CCC(=O)OC)CC[C@@H]12. The quantitative estimate of drug-likeness (QED) is 0.245. The Hall–Kier alpha value is -1.50. The normalized spacial score (nSPS) is 42.7. The molecule has 214 valence electrons. The van der Waals surface area contributed by atoms with Crippen LogP contribution >= 0.6 is 0 Å². The van der Waals surface area contributed by atoms with Crippen LogP contribution in [0.3, 0.4) is 0 Å². The van der Waals surface area contributed by atoms with E-state index in [1.807, 2.05) is 0 Å². The van der Waals surface area contributed by atoms with Crippen molar-refractivity contribution >= 4 is 5.97 Å². The third-order valence-corrected chi connectivity index (χ3v) is 11.0. The third-order valence-electron chi connectivity index (χ3n) is 11.0. The van der Waals surface area contributed by atoms with Crippen molar-refractivity contribution in [3.8, 4) is 0 Å². The van der Waals surface area contributed by atoms with Crippen LogP contribution in [-0.2, 0) is 28.5 Å². The zero-order valence-electron chi connectivity index (χ0n) is 24.0. The van der Waals surface area contributed by atoms with Crippen molar-refractivity contribution in [2.75, 3.05) is 34.9 Å². The minimum Gasteiger partial charge on any atom is -0.469 e. The van der Waals surface area contributed by atoms with E-state index in [1.165, 1.54) is 7.11 Å². The predicted octanol–water partition coefficient (Wildman–Crippen LogP) is 4.82. The summed E-state index contributed by atoms with van der Waals surface area (Å²) in [5.41, 5.74) is 0.150. The first kappa shape index (κ1) is 29.5. The molecule has 38 heavy (non-hydrogen) atoms. The summed E-state index contributed by atoms with van der Waals surface area (Å²) in [5.74, 6) is 1.70. The molecule has 8 nitrogen and oxygen atoms in total. The van der Waals surface area contributed by atoms with Gasteiger partial charge in [0.25, 0.3) is 0 Å². The Balaban J connectivity index is 1.73. The molecule has 0 aromatic carbocycles. The molecule has 0 radical (unpaired) electrons. The first-order chi connectivity index (χ1) is 18.1. The lowest BCUT2D eigenvalue weighted by Gasteiger charge is -2.63. The fraction of sp³-hybridized carbons (Fsp3) is 0.867. The van der Waals surface area contributed by atoms with Crippen molar-refractivity contribution < 1.29 is 33.6 Å². The molecule has 1 unspecified atom stereocenters. The highest BCUT2D eigenvalue weighted by molar-refractivity contribution is 5.69. The van der Waals surface area contributed by atoms with Crippen molar-refractivity contribution in [3.05, 3.63) is 23.2 Å². The van der Waals surface area contributed by atoms with Crippen LogP contribution in [0.2, 0.25) is 0 Å². The number of carbonyl (C=O) groups excluding carboxylic acids is 1. The van der Waals surface area contributed by atoms with E-state index >= 15 is 0 Å². The van der Waals surface area contributed by atoms with Crippen molar-refractivity contribution in [1.29, 1.82) is 0 Å². The molecule has 0 aromatic heterocycles. The Morgan fingerprint density at radius 2 is 1.82 bits per heavy atom. The first-order valence-corrected chi connectivity index (χ1v) is 14.2. The van der Waals surface area contributed by atoms with Crippen LogP contribution in [0, 0.1) is 52.9 Å². The summed E-state index contributed by atoms with van der Waals surface area (Å²) in [6, 6.07) is 0. The van der Waals surface area contributed by atoms with E-state index in [0.29, 0.717) is 36.3 Å². The highest BCUT2D eigenvalue weighted by atomic mass is 16.7. The third kappa shape index (κ3) is 5.06. The van der Waals surface area contributed by atoms with E-state index in [-0.39, 0.29) is 60.3 Å². The molecule has 11 atom stereocenters. The minimum atomic E-state index is -0.717. The molecule has 4 aliphatic carbocycles. The van der Waals surface area contributed by atoms with E-state index in [4.69, 9.17) is 30.3 Å². The Morgan fingerprint density at radius 1 is 1.11 bits per heavy atom. The van der Waals surface area contributed by atoms with Gasteiger partial charge in [0.15, 0.2) is 5.70 Å². The van der Waals surface area contributed by atoms with Gasteiger partial charge in [0.2, 0.25) is 0 Å². The monoisotopic (exact) mass is 533 g/mol. The fourth-order valence-corrected chi connectivity index (χ4v) is 9.21. The number of methoxy groups -OCH3 is 3. The van der Waals surface area contributed by atoms with Crippen LogP contribution in [0.15, 0.2) is 11.8 Å². The topological polar surface area (TPSA) is 87.8 Å². The lowest BCUT2D eigenvalue weighted by molar-refractivity contribution is -0.235. The number of fused-ring (bicyclic) bond motifs is 5. The molecule has 0 aliphatic heterocycles. The minimum absolute atomic E-state index is 0.0166. The highest BCUT2D eigenvalue weighted by Crippen LogP contribution is 2.69. The molecule has 0 saturated heterocycles. The second kappa shape index (κ2) is 11.9. The Bertz CT molecular complexity index is 917. The number of hydrogen-bond donors (Lipinski definition) is 1. The number of esters is 1. The van der Waals surface area contributed by atoms with Crippen LogP contribution in [-0.4, -0.2) is 64.3 Å². The van der Waals surface area contributed by atoms with Gasteiger partial charge in [-0.2, -0.15) is 0 Å². The van der Waals surface area contributed by atoms with E-state index < -0.39 is 6.10 Å². The average Bonchev–Trinajstić information content (AvgIpc) is 3.27. The molecule has 0 spiro atoms. The maximum Gasteiger partial charge on any atom is 0.305 e. The number of aliphatic hydroxyl groups is 1. The maximum atomic E-state index is 11.9. The predicted molar refractivity (Wildman–Crippen MR) is 141 cm³/mol. The number of ether oxygens (including phenoxy) is 5. The lowest BCUT2D eigenvalue weighted by atomic mass is 9.44. The number of carbonyl (C=O) groups is 1. The summed E-state index contributed by atoms with van der Waals surface area (Å²) in [5, 5.41) is 10.7. The molecule has 0 amide bonds. The molecular weight excluding hydrogens is 486 g/mol. The van der Waals surface area contributed by atoms with Crippen molar-refractivity contribution in [3.63, 3.8) is 0 Å². The second-order valence-corrected chi connectivity index (χ2v) is 12.6. The fourth-order valence-electron chi connectivity index (χ4n) is 9.21. The van der Waals surface area contributed by atoms with Crippen LogP contribution < -0.4 is 0 Å². The number of rotatable bonds is 10. The molecule has 0 aromatic rings. The summed E-state index contributed by atoms with van der Waals surface area (Å²) in [6.45, 7) is 15.1. The Labute approximate surface area is 228 Å². The number of nitrogens with zero attached hydrogens (tertiary/aromatic N) is 1. The Kier molecular flexibility index (Phi) is 9.26. The smallest absolute Gasteiger partial charge is 0.305 e. The summed E-state index contributed by atoms with van der Waals surface area (Å²) >= 11 is 0. The van der Waals surface area contributed by atoms with Crippen LogP contribution in [0.4, 0.5) is 0 Å². The number of allylic oxidation sites excluding steroid dienone is 1. The average molecular weight is 534 g/mol. The molecule has 3 saturated carbocycles. The lowest BCUT2D eigenvalue weighted by Crippen LogP contribution is -2.62. The molecular formula is C30H47NO7. The molecule has 0 bridgehead atoms. The largest absolute Gasteiger partial charge is 0.469 e. The van der Waals surface area contributed by atoms with Gasteiger partial charge in [-0.05, 0) is 79.4 Å². The molecule has 4 aliphatic rings. The van der Waals surface area contributed by atoms with Gasteiger partial charge in [0.05, 0.1) is 32.0 Å². The van der Waals surface area contributed by atoms with Gasteiger partial charge >= 0.3 is 5.97 Å². The zero-order chi connectivity index (χ0) is 27.7. The summed E-state index contributed by atoms with van der Waals surface area (Å²) < 4.78 is 28.7. The van der Waals surface area contributed by atoms with Gasteiger partial charge in [-0.1, -0.05) is 26.8 Å². The summed E-state index contributed by atoms with van der Waals surface area (Å²) in [7, 11) is 4.77.